The van der Waals surface area contributed by atoms with Gasteiger partial charge in [-0.15, -0.1) is 0 Å². The maximum Gasteiger partial charge on any atom is 0.339 e. The van der Waals surface area contributed by atoms with Crippen molar-refractivity contribution in [1.29, 1.82) is 0 Å². The number of methoxy groups -OCH3 is 1. The van der Waals surface area contributed by atoms with Crippen LogP contribution in [0.25, 0.3) is 0 Å². The zero-order valence-electron chi connectivity index (χ0n) is 13.3. The minimum Gasteiger partial charge on any atom is -0.465 e. The molecule has 0 radical (unpaired) electrons. The third-order valence-electron chi connectivity index (χ3n) is 3.73. The number of hydrogen-bond acceptors (Lipinski definition) is 3. The van der Waals surface area contributed by atoms with E-state index in [2.05, 4.69) is 4.98 Å². The summed E-state index contributed by atoms with van der Waals surface area (Å²) in [6, 6.07) is 9.36. The monoisotopic (exact) mass is 300 g/mol. The van der Waals surface area contributed by atoms with Crippen LogP contribution in [0.15, 0.2) is 30.3 Å². The van der Waals surface area contributed by atoms with Crippen LogP contribution in [0, 0.1) is 6.92 Å². The lowest BCUT2D eigenvalue weighted by Gasteiger charge is -2.17. The number of ether oxygens (including phenoxy) is 1. The Morgan fingerprint density at radius 3 is 2.41 bits per heavy atom. The molecule has 5 heteroatoms. The summed E-state index contributed by atoms with van der Waals surface area (Å²) in [4.78, 5) is 29.3. The van der Waals surface area contributed by atoms with E-state index in [1.807, 2.05) is 37.3 Å². The number of rotatable bonds is 4. The zero-order valence-corrected chi connectivity index (χ0v) is 13.3. The van der Waals surface area contributed by atoms with E-state index >= 15 is 0 Å². The van der Waals surface area contributed by atoms with Crippen LogP contribution in [0.2, 0.25) is 0 Å². The van der Waals surface area contributed by atoms with E-state index in [0.717, 1.165) is 5.69 Å². The Labute approximate surface area is 129 Å². The fraction of sp³-hybridized carbons (Fsp3) is 0.294. The highest BCUT2D eigenvalue weighted by Crippen LogP contribution is 2.23. The standard InChI is InChI=1S/C17H20N2O3/c1-5-13-14(17(21)22-4)11(2)15(18-13)16(20)19(3)12-9-7-6-8-10-12/h6-10,18H,5H2,1-4H3. The Morgan fingerprint density at radius 2 is 1.86 bits per heavy atom. The van der Waals surface area contributed by atoms with Crippen molar-refractivity contribution >= 4 is 17.6 Å². The molecule has 2 aromatic rings. The van der Waals surface area contributed by atoms with Gasteiger partial charge in [0.2, 0.25) is 0 Å². The van der Waals surface area contributed by atoms with E-state index in [1.54, 1.807) is 18.9 Å². The lowest BCUT2D eigenvalue weighted by molar-refractivity contribution is 0.0599. The highest BCUT2D eigenvalue weighted by atomic mass is 16.5. The van der Waals surface area contributed by atoms with Crippen molar-refractivity contribution < 1.29 is 14.3 Å². The fourth-order valence-electron chi connectivity index (χ4n) is 2.45. The van der Waals surface area contributed by atoms with Gasteiger partial charge in [-0.3, -0.25) is 4.79 Å². The highest BCUT2D eigenvalue weighted by Gasteiger charge is 2.25. The summed E-state index contributed by atoms with van der Waals surface area (Å²) in [7, 11) is 3.05. The first-order chi connectivity index (χ1) is 10.5. The summed E-state index contributed by atoms with van der Waals surface area (Å²) in [5.74, 6) is -0.611. The molecule has 0 saturated carbocycles. The van der Waals surface area contributed by atoms with Crippen molar-refractivity contribution in [1.82, 2.24) is 4.98 Å². The summed E-state index contributed by atoms with van der Waals surface area (Å²) >= 11 is 0. The van der Waals surface area contributed by atoms with Crippen molar-refractivity contribution in [2.45, 2.75) is 20.3 Å². The Hall–Kier alpha value is -2.56. The molecule has 22 heavy (non-hydrogen) atoms. The second-order valence-corrected chi connectivity index (χ2v) is 5.02. The molecule has 116 valence electrons. The molecule has 0 aliphatic heterocycles. The predicted molar refractivity (Wildman–Crippen MR) is 85.4 cm³/mol. The number of benzene rings is 1. The predicted octanol–water partition coefficient (Wildman–Crippen LogP) is 2.95. The number of para-hydroxylation sites is 1. The number of aromatic nitrogens is 1. The van der Waals surface area contributed by atoms with Crippen LogP contribution in [0.4, 0.5) is 5.69 Å². The van der Waals surface area contributed by atoms with Gasteiger partial charge in [-0.05, 0) is 31.0 Å². The minimum atomic E-state index is -0.424. The summed E-state index contributed by atoms with van der Waals surface area (Å²) in [5, 5.41) is 0. The Kier molecular flexibility index (Phi) is 4.65. The average Bonchev–Trinajstić information content (AvgIpc) is 2.90. The van der Waals surface area contributed by atoms with Gasteiger partial charge in [-0.2, -0.15) is 0 Å². The maximum atomic E-state index is 12.7. The second kappa shape index (κ2) is 6.47. The molecule has 0 saturated heterocycles. The van der Waals surface area contributed by atoms with Gasteiger partial charge in [0.05, 0.1) is 12.7 Å². The topological polar surface area (TPSA) is 62.4 Å². The number of aromatic amines is 1. The number of H-pyrrole nitrogens is 1. The quantitative estimate of drug-likeness (QED) is 0.883. The number of carbonyl (C=O) groups is 2. The molecule has 2 rings (SSSR count). The average molecular weight is 300 g/mol. The van der Waals surface area contributed by atoms with Crippen LogP contribution in [-0.2, 0) is 11.2 Å². The third kappa shape index (κ3) is 2.74. The number of carbonyl (C=O) groups excluding carboxylic acids is 2. The van der Waals surface area contributed by atoms with Gasteiger partial charge in [-0.25, -0.2) is 4.79 Å². The number of nitrogens with zero attached hydrogens (tertiary/aromatic N) is 1. The molecule has 0 bridgehead atoms. The van der Waals surface area contributed by atoms with E-state index in [0.29, 0.717) is 28.9 Å². The molecule has 0 fully saturated rings. The first-order valence-corrected chi connectivity index (χ1v) is 7.14. The van der Waals surface area contributed by atoms with E-state index in [4.69, 9.17) is 4.74 Å². The summed E-state index contributed by atoms with van der Waals surface area (Å²) in [6.45, 7) is 3.68. The first kappa shape index (κ1) is 15.8. The van der Waals surface area contributed by atoms with Gasteiger partial charge < -0.3 is 14.6 Å². The molecule has 0 unspecified atom stereocenters. The van der Waals surface area contributed by atoms with Crippen molar-refractivity contribution in [2.24, 2.45) is 0 Å². The van der Waals surface area contributed by atoms with Crippen LogP contribution < -0.4 is 4.90 Å². The molecule has 0 spiro atoms. The molecule has 0 aliphatic rings. The Morgan fingerprint density at radius 1 is 1.23 bits per heavy atom. The molecule has 1 N–H and O–H groups in total. The lowest BCUT2D eigenvalue weighted by atomic mass is 10.1. The molecule has 0 aliphatic carbocycles. The summed E-state index contributed by atoms with van der Waals surface area (Å²) < 4.78 is 4.81. The van der Waals surface area contributed by atoms with Gasteiger partial charge in [0.1, 0.15) is 5.69 Å². The SMILES string of the molecule is CCc1[nH]c(C(=O)N(C)c2ccccc2)c(C)c1C(=O)OC. The van der Waals surface area contributed by atoms with Gasteiger partial charge in [0, 0.05) is 18.4 Å². The van der Waals surface area contributed by atoms with Crippen LogP contribution >= 0.6 is 0 Å². The molecule has 1 heterocycles. The number of aryl methyl sites for hydroxylation is 1. The van der Waals surface area contributed by atoms with Crippen molar-refractivity contribution in [3.8, 4) is 0 Å². The molecule has 1 amide bonds. The van der Waals surface area contributed by atoms with Crippen LogP contribution in [0.5, 0.6) is 0 Å². The molecule has 5 nitrogen and oxygen atoms in total. The zero-order chi connectivity index (χ0) is 16.3. The number of amides is 1. The number of esters is 1. The lowest BCUT2D eigenvalue weighted by Crippen LogP contribution is -2.27. The van der Waals surface area contributed by atoms with E-state index in [1.165, 1.54) is 7.11 Å². The Bertz CT molecular complexity index is 689. The third-order valence-corrected chi connectivity index (χ3v) is 3.73. The van der Waals surface area contributed by atoms with Crippen molar-refractivity contribution in [3.63, 3.8) is 0 Å². The smallest absolute Gasteiger partial charge is 0.339 e. The number of nitrogens with one attached hydrogen (secondary N) is 1. The Balaban J connectivity index is 2.43. The molecule has 1 aromatic heterocycles. The number of anilines is 1. The maximum absolute atomic E-state index is 12.7. The van der Waals surface area contributed by atoms with Crippen molar-refractivity contribution in [3.05, 3.63) is 52.8 Å². The van der Waals surface area contributed by atoms with Crippen LogP contribution in [-0.4, -0.2) is 31.0 Å². The van der Waals surface area contributed by atoms with Gasteiger partial charge in [0.15, 0.2) is 0 Å². The van der Waals surface area contributed by atoms with Crippen LogP contribution in [0.3, 0.4) is 0 Å². The minimum absolute atomic E-state index is 0.187. The van der Waals surface area contributed by atoms with Crippen molar-refractivity contribution in [2.75, 3.05) is 19.1 Å². The molecular formula is C17H20N2O3. The molecule has 1 aromatic carbocycles. The first-order valence-electron chi connectivity index (χ1n) is 7.14. The van der Waals surface area contributed by atoms with Gasteiger partial charge in [-0.1, -0.05) is 25.1 Å². The summed E-state index contributed by atoms with van der Waals surface area (Å²) in [6.07, 6.45) is 0.619. The number of hydrogen-bond donors (Lipinski definition) is 1. The molecular weight excluding hydrogens is 280 g/mol. The second-order valence-electron chi connectivity index (χ2n) is 5.02. The van der Waals surface area contributed by atoms with Crippen LogP contribution in [0.1, 0.15) is 39.0 Å². The molecule has 0 atom stereocenters. The normalized spacial score (nSPS) is 10.4. The van der Waals surface area contributed by atoms with E-state index in [-0.39, 0.29) is 5.91 Å². The van der Waals surface area contributed by atoms with Gasteiger partial charge in [0.25, 0.3) is 5.91 Å². The van der Waals surface area contributed by atoms with Gasteiger partial charge >= 0.3 is 5.97 Å². The van der Waals surface area contributed by atoms with E-state index in [9.17, 15) is 9.59 Å². The highest BCUT2D eigenvalue weighted by molar-refractivity contribution is 6.08. The van der Waals surface area contributed by atoms with E-state index < -0.39 is 5.97 Å². The summed E-state index contributed by atoms with van der Waals surface area (Å²) in [5.41, 5.74) is 3.00. The fourth-order valence-corrected chi connectivity index (χ4v) is 2.45. The largest absolute Gasteiger partial charge is 0.465 e.